The van der Waals surface area contributed by atoms with Crippen LogP contribution in [0.5, 0.6) is 0 Å². The first-order valence-electron chi connectivity index (χ1n) is 18.6. The van der Waals surface area contributed by atoms with E-state index in [-0.39, 0.29) is 21.7 Å². The fourth-order valence-corrected chi connectivity index (χ4v) is 8.88. The van der Waals surface area contributed by atoms with E-state index < -0.39 is 0 Å². The van der Waals surface area contributed by atoms with Gasteiger partial charge in [-0.25, -0.2) is 12.1 Å². The maximum absolute atomic E-state index is 2.56. The molecule has 50 heavy (non-hydrogen) atoms. The van der Waals surface area contributed by atoms with E-state index in [4.69, 9.17) is 0 Å². The fraction of sp³-hybridized carbons (Fsp3) is 0.367. The number of aryl methyl sites for hydroxylation is 2. The molecule has 0 aliphatic heterocycles. The van der Waals surface area contributed by atoms with Crippen LogP contribution in [0.15, 0.2) is 109 Å². The number of hydrogen-bond donors (Lipinski definition) is 0. The van der Waals surface area contributed by atoms with Gasteiger partial charge in [0.2, 0.25) is 0 Å². The third-order valence-corrected chi connectivity index (χ3v) is 13.3. The van der Waals surface area contributed by atoms with E-state index in [1.54, 1.807) is 22.3 Å². The van der Waals surface area contributed by atoms with E-state index in [1.165, 1.54) is 96.9 Å². The predicted molar refractivity (Wildman–Crippen MR) is 215 cm³/mol. The first-order valence-corrected chi connectivity index (χ1v) is 19.8. The Morgan fingerprint density at radius 1 is 0.500 bits per heavy atom. The Labute approximate surface area is 317 Å². The molecule has 1 heteroatoms. The van der Waals surface area contributed by atoms with Gasteiger partial charge < -0.3 is 0 Å². The van der Waals surface area contributed by atoms with Crippen LogP contribution in [-0.2, 0) is 45.9 Å². The minimum atomic E-state index is 0.262. The molecule has 8 rings (SSSR count). The molecule has 0 nitrogen and oxygen atoms in total. The van der Waals surface area contributed by atoms with Crippen molar-refractivity contribution in [2.24, 2.45) is 0 Å². The van der Waals surface area contributed by atoms with Gasteiger partial charge in [-0.05, 0) is 47.3 Å². The van der Waals surface area contributed by atoms with Gasteiger partial charge in [-0.3, -0.25) is 0 Å². The van der Waals surface area contributed by atoms with Gasteiger partial charge in [-0.1, -0.05) is 89.8 Å². The van der Waals surface area contributed by atoms with Crippen LogP contribution in [-0.4, -0.2) is 3.21 Å². The van der Waals surface area contributed by atoms with Gasteiger partial charge in [0.05, 0.1) is 0 Å². The van der Waals surface area contributed by atoms with Crippen molar-refractivity contribution >= 4 is 24.8 Å². The minimum absolute atomic E-state index is 0.262. The van der Waals surface area contributed by atoms with Crippen LogP contribution in [0.25, 0.3) is 21.5 Å². The Balaban J connectivity index is 0.000000171. The van der Waals surface area contributed by atoms with E-state index in [0.29, 0.717) is 0 Å². The van der Waals surface area contributed by atoms with Crippen LogP contribution in [0.2, 0.25) is 0 Å². The second-order valence-corrected chi connectivity index (χ2v) is 18.9. The SMILES string of the molecule is CC1(C)CCC(C)(C)c2cc3c(cc21)[cH-]c1cc2c(cc13)C(C)(C)CCC2(C)C.Cc1ccc([C](=[Zr+2])c2ccc(C)cc2)cc1.c1cc[cH-]c1. The van der Waals surface area contributed by atoms with Gasteiger partial charge in [0.25, 0.3) is 0 Å². The van der Waals surface area contributed by atoms with Crippen LogP contribution in [0.1, 0.15) is 126 Å². The summed E-state index contributed by atoms with van der Waals surface area (Å²) in [5, 5.41) is 5.79. The summed E-state index contributed by atoms with van der Waals surface area (Å²) in [5.41, 5.74) is 12.7. The quantitative estimate of drug-likeness (QED) is 0.155. The zero-order chi connectivity index (χ0) is 36.1. The fourth-order valence-electron chi connectivity index (χ4n) is 8.06. The molecule has 6 aromatic carbocycles. The van der Waals surface area contributed by atoms with Crippen molar-refractivity contribution in [3.8, 4) is 0 Å². The van der Waals surface area contributed by atoms with Gasteiger partial charge in [0.1, 0.15) is 0 Å². The van der Waals surface area contributed by atoms with Gasteiger partial charge in [0.15, 0.2) is 0 Å². The summed E-state index contributed by atoms with van der Waals surface area (Å²) < 4.78 is 1.42. The van der Waals surface area contributed by atoms with E-state index >= 15 is 0 Å². The maximum atomic E-state index is 2.56. The average molecular weight is 736 g/mol. The van der Waals surface area contributed by atoms with Crippen LogP contribution in [0.3, 0.4) is 0 Å². The molecule has 6 aromatic rings. The molecule has 0 bridgehead atoms. The van der Waals surface area contributed by atoms with E-state index in [2.05, 4.69) is 148 Å². The molecule has 0 amide bonds. The largest absolute Gasteiger partial charge is 0.214 e. The Bertz CT molecular complexity index is 1950. The predicted octanol–water partition coefficient (Wildman–Crippen LogP) is 13.2. The monoisotopic (exact) mass is 734 g/mol. The molecule has 256 valence electrons. The van der Waals surface area contributed by atoms with E-state index in [0.717, 1.165) is 0 Å². The Hall–Kier alpha value is -3.15. The molecule has 0 saturated carbocycles. The molecule has 2 aliphatic carbocycles. The molecule has 0 spiro atoms. The van der Waals surface area contributed by atoms with Crippen LogP contribution in [0, 0.1) is 13.8 Å². The summed E-state index contributed by atoms with van der Waals surface area (Å²) in [6.45, 7) is 23.7. The van der Waals surface area contributed by atoms with Crippen molar-refractivity contribution in [2.75, 3.05) is 0 Å². The molecule has 0 radical (unpaired) electrons. The summed E-state index contributed by atoms with van der Waals surface area (Å²) >= 11 is 1.46. The third-order valence-electron chi connectivity index (χ3n) is 11.9. The average Bonchev–Trinajstić information content (AvgIpc) is 3.77. The summed E-state index contributed by atoms with van der Waals surface area (Å²) in [7, 11) is 0. The number of fused-ring (bicyclic) bond motifs is 5. The van der Waals surface area contributed by atoms with E-state index in [9.17, 15) is 0 Å². The maximum Gasteiger partial charge on any atom is -0.172 e. The molecule has 0 saturated heterocycles. The van der Waals surface area contributed by atoms with Crippen molar-refractivity contribution < 1.29 is 24.2 Å². The van der Waals surface area contributed by atoms with Crippen molar-refractivity contribution in [3.63, 3.8) is 0 Å². The minimum Gasteiger partial charge on any atom is -0.214 e. The number of rotatable bonds is 2. The van der Waals surface area contributed by atoms with Crippen LogP contribution >= 0.6 is 0 Å². The molecular formula is C49H56Zr. The number of benzene rings is 4. The van der Waals surface area contributed by atoms with Crippen LogP contribution < -0.4 is 0 Å². The summed E-state index contributed by atoms with van der Waals surface area (Å²) in [6.07, 6.45) is 5.09. The van der Waals surface area contributed by atoms with Crippen molar-refractivity contribution in [1.29, 1.82) is 0 Å². The summed E-state index contributed by atoms with van der Waals surface area (Å²) in [6, 6.07) is 40.2. The topological polar surface area (TPSA) is 0 Å². The second-order valence-electron chi connectivity index (χ2n) is 17.7. The number of hydrogen-bond acceptors (Lipinski definition) is 0. The molecular weight excluding hydrogens is 680 g/mol. The molecule has 0 atom stereocenters. The Morgan fingerprint density at radius 3 is 1.12 bits per heavy atom. The molecule has 0 unspecified atom stereocenters. The van der Waals surface area contributed by atoms with Gasteiger partial charge in [-0.15, -0.1) is 39.7 Å². The van der Waals surface area contributed by atoms with Gasteiger partial charge in [-0.2, -0.15) is 18.2 Å². The molecule has 0 fully saturated rings. The summed E-state index contributed by atoms with van der Waals surface area (Å²) in [4.78, 5) is 0. The van der Waals surface area contributed by atoms with Crippen LogP contribution in [0.4, 0.5) is 0 Å². The zero-order valence-corrected chi connectivity index (χ0v) is 34.7. The van der Waals surface area contributed by atoms with Crippen molar-refractivity contribution in [1.82, 2.24) is 0 Å². The Kier molecular flexibility index (Phi) is 10.1. The van der Waals surface area contributed by atoms with E-state index in [1.807, 2.05) is 30.3 Å². The third kappa shape index (κ3) is 7.42. The summed E-state index contributed by atoms with van der Waals surface area (Å²) in [5.74, 6) is 0. The first kappa shape index (κ1) is 36.6. The molecule has 0 N–H and O–H groups in total. The van der Waals surface area contributed by atoms with Gasteiger partial charge >= 0.3 is 112 Å². The van der Waals surface area contributed by atoms with Gasteiger partial charge in [0, 0.05) is 0 Å². The zero-order valence-electron chi connectivity index (χ0n) is 32.2. The normalized spacial score (nSPS) is 17.8. The van der Waals surface area contributed by atoms with Crippen molar-refractivity contribution in [3.05, 3.63) is 154 Å². The molecule has 0 aromatic heterocycles. The molecule has 0 heterocycles. The Morgan fingerprint density at radius 2 is 0.820 bits per heavy atom. The smallest absolute Gasteiger partial charge is 0.172 e. The first-order chi connectivity index (χ1) is 23.5. The second kappa shape index (κ2) is 13.8. The van der Waals surface area contributed by atoms with Crippen molar-refractivity contribution in [2.45, 2.75) is 117 Å². The standard InChI is InChI=1S/C29H37.C15H14.C5H5.Zr/c1-26(2)9-11-28(5,6)24-16-20-18(14-22(24)26)13-19-15-23-25(17-21(19)20)29(7,8)12-10-27(23,3)4;1-12-3-7-14(8-4-12)11-15-9-5-13(2)6-10-15;1-2-4-5-3-1;/h13-17H,9-12H2,1-8H3;3-10H,1-2H3;1-5H;/q-1;;-1;+2. The molecule has 2 aliphatic rings.